The zero-order valence-electron chi connectivity index (χ0n) is 12.1. The standard InChI is InChI=1S/C15H20O5/c1-9(16)19-11-7-10-8-13(2)5-4-6-14(3,20-10)15(13,18)12(11)17/h7,10,18H,4-6,8H2,1-3H3/t10-,13?,14-,15-/m0/s1. The normalized spacial score (nSPS) is 46.7. The third-order valence-corrected chi connectivity index (χ3v) is 5.23. The van der Waals surface area contributed by atoms with Crippen molar-refractivity contribution in [2.45, 2.75) is 63.8 Å². The molecule has 1 saturated carbocycles. The van der Waals surface area contributed by atoms with Crippen LogP contribution in [0.1, 0.15) is 46.5 Å². The van der Waals surface area contributed by atoms with Gasteiger partial charge in [0.25, 0.3) is 0 Å². The molecule has 4 bridgehead atoms. The average Bonchev–Trinajstić information content (AvgIpc) is 2.42. The number of esters is 1. The number of hydrogen-bond acceptors (Lipinski definition) is 5. The zero-order valence-corrected chi connectivity index (χ0v) is 12.1. The van der Waals surface area contributed by atoms with Gasteiger partial charge in [-0.25, -0.2) is 0 Å². The molecule has 0 aromatic carbocycles. The Labute approximate surface area is 117 Å². The molecule has 0 aromatic rings. The molecular weight excluding hydrogens is 260 g/mol. The van der Waals surface area contributed by atoms with Crippen molar-refractivity contribution in [1.82, 2.24) is 0 Å². The van der Waals surface area contributed by atoms with Crippen molar-refractivity contribution in [3.63, 3.8) is 0 Å². The second-order valence-electron chi connectivity index (χ2n) is 6.67. The molecule has 0 amide bonds. The lowest BCUT2D eigenvalue weighted by atomic mass is 9.53. The maximum Gasteiger partial charge on any atom is 0.308 e. The van der Waals surface area contributed by atoms with Crippen molar-refractivity contribution in [3.05, 3.63) is 11.8 Å². The lowest BCUT2D eigenvalue weighted by molar-refractivity contribution is -0.281. The summed E-state index contributed by atoms with van der Waals surface area (Å²) < 4.78 is 11.0. The van der Waals surface area contributed by atoms with E-state index in [-0.39, 0.29) is 11.9 Å². The van der Waals surface area contributed by atoms with Gasteiger partial charge in [-0.05, 0) is 38.7 Å². The fourth-order valence-electron chi connectivity index (χ4n) is 4.30. The fraction of sp³-hybridized carbons (Fsp3) is 0.733. The van der Waals surface area contributed by atoms with E-state index in [0.717, 1.165) is 12.8 Å². The predicted molar refractivity (Wildman–Crippen MR) is 69.7 cm³/mol. The van der Waals surface area contributed by atoms with Crippen LogP contribution in [0.5, 0.6) is 0 Å². The molecule has 0 spiro atoms. The summed E-state index contributed by atoms with van der Waals surface area (Å²) in [5.74, 6) is -1.15. The molecule has 110 valence electrons. The summed E-state index contributed by atoms with van der Waals surface area (Å²) in [7, 11) is 0. The van der Waals surface area contributed by atoms with E-state index in [0.29, 0.717) is 12.8 Å². The van der Waals surface area contributed by atoms with Crippen LogP contribution in [0, 0.1) is 5.41 Å². The summed E-state index contributed by atoms with van der Waals surface area (Å²) in [6.07, 6.45) is 4.13. The van der Waals surface area contributed by atoms with Crippen molar-refractivity contribution in [2.24, 2.45) is 5.41 Å². The average molecular weight is 280 g/mol. The van der Waals surface area contributed by atoms with Gasteiger partial charge in [-0.3, -0.25) is 9.59 Å². The van der Waals surface area contributed by atoms with Crippen LogP contribution in [-0.2, 0) is 19.1 Å². The first kappa shape index (κ1) is 13.8. The number of carbonyl (C=O) groups excluding carboxylic acids is 2. The molecule has 1 saturated heterocycles. The van der Waals surface area contributed by atoms with Crippen LogP contribution in [0.15, 0.2) is 11.8 Å². The lowest BCUT2D eigenvalue weighted by Gasteiger charge is -2.60. The highest BCUT2D eigenvalue weighted by molar-refractivity contribution is 6.04. The Morgan fingerprint density at radius 3 is 2.75 bits per heavy atom. The number of Topliss-reactive ketones (excluding diaryl/α,β-unsaturated/α-hetero) is 1. The Morgan fingerprint density at radius 2 is 2.15 bits per heavy atom. The molecular formula is C15H20O5. The number of rotatable bonds is 1. The van der Waals surface area contributed by atoms with Gasteiger partial charge >= 0.3 is 5.97 Å². The highest BCUT2D eigenvalue weighted by Gasteiger charge is 2.70. The van der Waals surface area contributed by atoms with Gasteiger partial charge in [-0.15, -0.1) is 0 Å². The number of carbonyl (C=O) groups is 2. The molecule has 2 aliphatic carbocycles. The first-order chi connectivity index (χ1) is 9.22. The third-order valence-electron chi connectivity index (χ3n) is 5.23. The van der Waals surface area contributed by atoms with E-state index in [9.17, 15) is 14.7 Å². The third kappa shape index (κ3) is 1.50. The SMILES string of the molecule is CC(=O)OC1=C[C@H]2CC3(C)CCC[C@](C)(O2)[C@]3(O)C1=O. The van der Waals surface area contributed by atoms with Crippen LogP contribution in [0.2, 0.25) is 0 Å². The van der Waals surface area contributed by atoms with E-state index in [2.05, 4.69) is 0 Å². The molecule has 4 atom stereocenters. The molecule has 20 heavy (non-hydrogen) atoms. The summed E-state index contributed by atoms with van der Waals surface area (Å²) >= 11 is 0. The molecule has 1 N–H and O–H groups in total. The molecule has 0 radical (unpaired) electrons. The van der Waals surface area contributed by atoms with Gasteiger partial charge in [0.1, 0.15) is 5.60 Å². The summed E-state index contributed by atoms with van der Waals surface area (Å²) in [6.45, 7) is 4.97. The topological polar surface area (TPSA) is 72.8 Å². The summed E-state index contributed by atoms with van der Waals surface area (Å²) in [5.41, 5.74) is -3.09. The number of ether oxygens (including phenoxy) is 2. The minimum atomic E-state index is -1.63. The van der Waals surface area contributed by atoms with Crippen molar-refractivity contribution < 1.29 is 24.2 Å². The smallest absolute Gasteiger partial charge is 0.308 e. The molecule has 4 aliphatic rings. The Morgan fingerprint density at radius 1 is 1.45 bits per heavy atom. The maximum atomic E-state index is 12.8. The first-order valence-corrected chi connectivity index (χ1v) is 7.07. The Balaban J connectivity index is 2.13. The van der Waals surface area contributed by atoms with Crippen molar-refractivity contribution in [2.75, 3.05) is 0 Å². The van der Waals surface area contributed by atoms with Crippen molar-refractivity contribution >= 4 is 11.8 Å². The van der Waals surface area contributed by atoms with E-state index in [1.54, 1.807) is 13.0 Å². The minimum absolute atomic E-state index is 0.0700. The maximum absolute atomic E-state index is 12.8. The molecule has 4 rings (SSSR count). The molecule has 2 heterocycles. The monoisotopic (exact) mass is 280 g/mol. The quantitative estimate of drug-likeness (QED) is 0.737. The number of ketones is 1. The Kier molecular flexibility index (Phi) is 2.70. The fourth-order valence-corrected chi connectivity index (χ4v) is 4.30. The van der Waals surface area contributed by atoms with E-state index in [1.165, 1.54) is 6.92 Å². The highest BCUT2D eigenvalue weighted by Crippen LogP contribution is 2.60. The van der Waals surface area contributed by atoms with Crippen LogP contribution in [0.25, 0.3) is 0 Å². The Bertz CT molecular complexity index is 502. The minimum Gasteiger partial charge on any atom is -0.423 e. The van der Waals surface area contributed by atoms with Gasteiger partial charge in [-0.1, -0.05) is 6.92 Å². The van der Waals surface area contributed by atoms with Gasteiger partial charge in [0.05, 0.1) is 6.10 Å². The van der Waals surface area contributed by atoms with Crippen molar-refractivity contribution in [1.29, 1.82) is 0 Å². The first-order valence-electron chi connectivity index (χ1n) is 7.07. The molecule has 5 nitrogen and oxygen atoms in total. The second kappa shape index (κ2) is 3.92. The molecule has 0 aromatic heterocycles. The Hall–Kier alpha value is -1.20. The highest BCUT2D eigenvalue weighted by atomic mass is 16.6. The lowest BCUT2D eigenvalue weighted by Crippen LogP contribution is -2.72. The van der Waals surface area contributed by atoms with Crippen molar-refractivity contribution in [3.8, 4) is 0 Å². The molecule has 5 heteroatoms. The molecule has 1 unspecified atom stereocenters. The summed E-state index contributed by atoms with van der Waals surface area (Å²) in [4.78, 5) is 24.0. The summed E-state index contributed by atoms with van der Waals surface area (Å²) in [5, 5.41) is 11.2. The van der Waals surface area contributed by atoms with Gasteiger partial charge in [0, 0.05) is 12.3 Å². The molecule has 2 fully saturated rings. The number of fused-ring (bicyclic) bond motifs is 1. The van der Waals surface area contributed by atoms with Crippen LogP contribution in [-0.4, -0.2) is 34.2 Å². The van der Waals surface area contributed by atoms with E-state index in [1.807, 2.05) is 6.92 Å². The van der Waals surface area contributed by atoms with Gasteiger partial charge < -0.3 is 14.6 Å². The zero-order chi connectivity index (χ0) is 14.8. The second-order valence-corrected chi connectivity index (χ2v) is 6.67. The van der Waals surface area contributed by atoms with E-state index >= 15 is 0 Å². The molecule has 2 aliphatic heterocycles. The predicted octanol–water partition coefficient (Wildman–Crippen LogP) is 1.48. The summed E-state index contributed by atoms with van der Waals surface area (Å²) in [6, 6.07) is 0. The van der Waals surface area contributed by atoms with Gasteiger partial charge in [0.2, 0.25) is 5.78 Å². The van der Waals surface area contributed by atoms with Gasteiger partial charge in [-0.2, -0.15) is 0 Å². The number of aliphatic hydroxyl groups is 1. The van der Waals surface area contributed by atoms with E-state index < -0.39 is 28.4 Å². The van der Waals surface area contributed by atoms with Gasteiger partial charge in [0.15, 0.2) is 11.4 Å². The van der Waals surface area contributed by atoms with Crippen LogP contribution < -0.4 is 0 Å². The van der Waals surface area contributed by atoms with Crippen LogP contribution in [0.3, 0.4) is 0 Å². The van der Waals surface area contributed by atoms with E-state index in [4.69, 9.17) is 9.47 Å². The van der Waals surface area contributed by atoms with Crippen LogP contribution >= 0.6 is 0 Å². The largest absolute Gasteiger partial charge is 0.423 e. The number of hydrogen-bond donors (Lipinski definition) is 1. The van der Waals surface area contributed by atoms with Crippen LogP contribution in [0.4, 0.5) is 0 Å².